The van der Waals surface area contributed by atoms with Gasteiger partial charge in [-0.2, -0.15) is 9.13 Å². The molecule has 0 fully saturated rings. The zero-order valence-electron chi connectivity index (χ0n) is 23.2. The summed E-state index contributed by atoms with van der Waals surface area (Å²) < 4.78 is 63.6. The summed E-state index contributed by atoms with van der Waals surface area (Å²) in [5.41, 5.74) is 0. The molecule has 6 rings (SSSR count). The molecule has 0 heterocycles. The second-order valence-electron chi connectivity index (χ2n) is 9.34. The predicted octanol–water partition coefficient (Wildman–Crippen LogP) is 10.1. The molecule has 0 radical (unpaired) electrons. The molecule has 0 aliphatic rings. The third-order valence-electron chi connectivity index (χ3n) is 6.07. The van der Waals surface area contributed by atoms with Gasteiger partial charge in [-0.25, -0.2) is 0 Å². The fourth-order valence-corrected chi connectivity index (χ4v) is 6.68. The number of fused-ring (bicyclic) bond motifs is 1. The van der Waals surface area contributed by atoms with Crippen LogP contribution in [0.5, 0.6) is 34.5 Å². The van der Waals surface area contributed by atoms with Crippen molar-refractivity contribution >= 4 is 26.4 Å². The highest BCUT2D eigenvalue weighted by atomic mass is 31.2. The van der Waals surface area contributed by atoms with E-state index in [1.807, 2.05) is 6.07 Å². The zero-order chi connectivity index (χ0) is 30.2. The lowest BCUT2D eigenvalue weighted by molar-refractivity contribution is 0.296. The Hall–Kier alpha value is -5.16. The molecule has 8 nitrogen and oxygen atoms in total. The molecule has 0 N–H and O–H groups in total. The predicted molar refractivity (Wildman–Crippen MR) is 169 cm³/mol. The van der Waals surface area contributed by atoms with Gasteiger partial charge in [0.2, 0.25) is 0 Å². The number of hydrogen-bond acceptors (Lipinski definition) is 8. The van der Waals surface area contributed by atoms with Gasteiger partial charge in [-0.1, -0.05) is 97.1 Å². The van der Waals surface area contributed by atoms with Gasteiger partial charge in [0.05, 0.1) is 0 Å². The summed E-state index contributed by atoms with van der Waals surface area (Å²) in [6.45, 7) is 0. The maximum Gasteiger partial charge on any atom is 0.647 e. The summed E-state index contributed by atoms with van der Waals surface area (Å²) in [5.74, 6) is 1.28. The molecule has 6 aromatic carbocycles. The molecule has 0 aromatic heterocycles. The van der Waals surface area contributed by atoms with Crippen molar-refractivity contribution in [2.24, 2.45) is 0 Å². The van der Waals surface area contributed by atoms with E-state index < -0.39 is 15.6 Å². The fraction of sp³-hybridized carbons (Fsp3) is 0. The van der Waals surface area contributed by atoms with E-state index in [0.717, 1.165) is 0 Å². The lowest BCUT2D eigenvalue weighted by Gasteiger charge is -2.22. The summed E-state index contributed by atoms with van der Waals surface area (Å²) in [6.07, 6.45) is 0. The largest absolute Gasteiger partial charge is 0.647 e. The second-order valence-corrected chi connectivity index (χ2v) is 12.2. The van der Waals surface area contributed by atoms with E-state index in [1.165, 1.54) is 6.07 Å². The van der Waals surface area contributed by atoms with E-state index in [9.17, 15) is 9.13 Å². The van der Waals surface area contributed by atoms with Gasteiger partial charge in [0.1, 0.15) is 34.5 Å². The Morgan fingerprint density at radius 3 is 1.11 bits per heavy atom. The molecular weight excluding hydrogens is 598 g/mol. The Balaban J connectivity index is 1.38. The van der Waals surface area contributed by atoms with Gasteiger partial charge in [0.15, 0.2) is 0 Å². The molecule has 0 aliphatic carbocycles. The van der Waals surface area contributed by atoms with Crippen molar-refractivity contribution in [2.75, 3.05) is 0 Å². The Bertz CT molecular complexity index is 1830. The number of rotatable bonds is 12. The molecule has 220 valence electrons. The van der Waals surface area contributed by atoms with Crippen molar-refractivity contribution in [2.45, 2.75) is 0 Å². The highest BCUT2D eigenvalue weighted by molar-refractivity contribution is 7.50. The first kappa shape index (κ1) is 28.9. The second kappa shape index (κ2) is 13.0. The molecule has 0 bridgehead atoms. The lowest BCUT2D eigenvalue weighted by atomic mass is 10.1. The average Bonchev–Trinajstić information content (AvgIpc) is 3.02. The van der Waals surface area contributed by atoms with Crippen molar-refractivity contribution in [1.29, 1.82) is 0 Å². The van der Waals surface area contributed by atoms with Crippen molar-refractivity contribution < 1.29 is 36.3 Å². The number of phosphoric acid groups is 2. The summed E-state index contributed by atoms with van der Waals surface area (Å²) in [4.78, 5) is 0. The first-order valence-corrected chi connectivity index (χ1v) is 16.5. The quantitative estimate of drug-likeness (QED) is 0.124. The average molecular weight is 625 g/mol. The minimum absolute atomic E-state index is 0.0693. The number of hydrogen-bond donors (Lipinski definition) is 0. The highest BCUT2D eigenvalue weighted by Crippen LogP contribution is 2.54. The minimum Gasteiger partial charge on any atom is -0.386 e. The van der Waals surface area contributed by atoms with Crippen LogP contribution >= 0.6 is 15.6 Å². The van der Waals surface area contributed by atoms with Gasteiger partial charge >= 0.3 is 15.6 Å². The Morgan fingerprint density at radius 1 is 0.341 bits per heavy atom. The van der Waals surface area contributed by atoms with Gasteiger partial charge in [0, 0.05) is 11.5 Å². The number of phosphoric ester groups is 2. The Labute approximate surface area is 254 Å². The third kappa shape index (κ3) is 7.42. The van der Waals surface area contributed by atoms with Gasteiger partial charge in [-0.05, 0) is 60.0 Å². The molecule has 0 unspecified atom stereocenters. The molecule has 0 amide bonds. The van der Waals surface area contributed by atoms with Crippen LogP contribution in [0.4, 0.5) is 0 Å². The Kier molecular flexibility index (Phi) is 8.55. The maximum atomic E-state index is 14.2. The van der Waals surface area contributed by atoms with E-state index in [-0.39, 0.29) is 34.5 Å². The summed E-state index contributed by atoms with van der Waals surface area (Å²) in [7, 11) is -8.69. The maximum absolute atomic E-state index is 14.2. The minimum atomic E-state index is -4.36. The molecule has 0 saturated carbocycles. The fourth-order valence-electron chi connectivity index (χ4n) is 4.18. The molecule has 0 atom stereocenters. The van der Waals surface area contributed by atoms with E-state index in [1.54, 1.807) is 146 Å². The molecule has 0 aliphatic heterocycles. The standard InChI is InChI=1S/C34H26O8P2/c35-43(37-28-16-5-1-6-17-28,38-29-18-7-2-8-19-29)41-32-25-27-15-13-14-24-33(27)34(26-32)42-44(36,39-30-20-9-3-10-21-30)40-31-22-11-4-12-23-31/h1-26H. The first-order chi connectivity index (χ1) is 21.5. The van der Waals surface area contributed by atoms with Crippen LogP contribution in [0.2, 0.25) is 0 Å². The van der Waals surface area contributed by atoms with E-state index in [2.05, 4.69) is 0 Å². The monoisotopic (exact) mass is 624 g/mol. The van der Waals surface area contributed by atoms with Crippen molar-refractivity contribution in [3.8, 4) is 34.5 Å². The summed E-state index contributed by atoms with van der Waals surface area (Å²) in [6, 6.07) is 44.5. The van der Waals surface area contributed by atoms with Gasteiger partial charge < -0.3 is 27.1 Å². The van der Waals surface area contributed by atoms with Crippen molar-refractivity contribution in [3.05, 3.63) is 158 Å². The number of para-hydroxylation sites is 4. The SMILES string of the molecule is O=P(Oc1ccccc1)(Oc1ccccc1)Oc1cc(OP(=O)(Oc2ccccc2)Oc2ccccc2)c2ccccc2c1. The van der Waals surface area contributed by atoms with Crippen LogP contribution < -0.4 is 27.1 Å². The topological polar surface area (TPSA) is 89.5 Å². The molecule has 0 saturated heterocycles. The summed E-state index contributed by atoms with van der Waals surface area (Å²) in [5, 5.41) is 1.22. The van der Waals surface area contributed by atoms with Gasteiger partial charge in [0.25, 0.3) is 0 Å². The lowest BCUT2D eigenvalue weighted by Crippen LogP contribution is -2.09. The van der Waals surface area contributed by atoms with Crippen LogP contribution in [0.3, 0.4) is 0 Å². The van der Waals surface area contributed by atoms with Crippen LogP contribution in [0.1, 0.15) is 0 Å². The van der Waals surface area contributed by atoms with Crippen LogP contribution in [-0.2, 0) is 9.13 Å². The number of benzene rings is 6. The molecule has 0 spiro atoms. The molecule has 44 heavy (non-hydrogen) atoms. The van der Waals surface area contributed by atoms with E-state index in [0.29, 0.717) is 10.8 Å². The van der Waals surface area contributed by atoms with Crippen molar-refractivity contribution in [3.63, 3.8) is 0 Å². The smallest absolute Gasteiger partial charge is 0.386 e. The molecule has 10 heteroatoms. The van der Waals surface area contributed by atoms with Crippen LogP contribution in [-0.4, -0.2) is 0 Å². The van der Waals surface area contributed by atoms with Crippen LogP contribution in [0, 0.1) is 0 Å². The van der Waals surface area contributed by atoms with Gasteiger partial charge in [-0.15, -0.1) is 0 Å². The van der Waals surface area contributed by atoms with Gasteiger partial charge in [-0.3, -0.25) is 0 Å². The summed E-state index contributed by atoms with van der Waals surface area (Å²) >= 11 is 0. The van der Waals surface area contributed by atoms with Crippen molar-refractivity contribution in [1.82, 2.24) is 0 Å². The van der Waals surface area contributed by atoms with E-state index in [4.69, 9.17) is 27.1 Å². The molecular formula is C34H26O8P2. The van der Waals surface area contributed by atoms with E-state index >= 15 is 0 Å². The first-order valence-electron chi connectivity index (χ1n) is 13.6. The Morgan fingerprint density at radius 2 is 0.682 bits per heavy atom. The van der Waals surface area contributed by atoms with Crippen LogP contribution in [0.15, 0.2) is 158 Å². The van der Waals surface area contributed by atoms with Crippen LogP contribution in [0.25, 0.3) is 10.8 Å². The zero-order valence-corrected chi connectivity index (χ0v) is 25.0. The normalized spacial score (nSPS) is 11.4. The molecule has 6 aromatic rings. The third-order valence-corrected chi connectivity index (χ3v) is 8.66. The highest BCUT2D eigenvalue weighted by Gasteiger charge is 2.36.